The number of carbonyl (C=O) groups excluding carboxylic acids is 1. The van der Waals surface area contributed by atoms with Gasteiger partial charge in [-0.2, -0.15) is 0 Å². The number of carbonyl (C=O) groups is 1. The summed E-state index contributed by atoms with van der Waals surface area (Å²) >= 11 is 1.52. The van der Waals surface area contributed by atoms with E-state index in [4.69, 9.17) is 0 Å². The zero-order valence-corrected chi connectivity index (χ0v) is 18.8. The molecule has 4 unspecified atom stereocenters. The van der Waals surface area contributed by atoms with Gasteiger partial charge in [-0.15, -0.1) is 11.3 Å². The molecule has 4 nitrogen and oxygen atoms in total. The monoisotopic (exact) mass is 424 g/mol. The van der Waals surface area contributed by atoms with Crippen LogP contribution in [0, 0.1) is 37.5 Å². The van der Waals surface area contributed by atoms with Crippen LogP contribution in [0.3, 0.4) is 0 Å². The maximum atomic E-state index is 12.5. The van der Waals surface area contributed by atoms with E-state index in [1.165, 1.54) is 29.7 Å². The van der Waals surface area contributed by atoms with Crippen molar-refractivity contribution in [2.24, 2.45) is 23.7 Å². The van der Waals surface area contributed by atoms with E-state index in [1.54, 1.807) is 17.3 Å². The summed E-state index contributed by atoms with van der Waals surface area (Å²) in [6.45, 7) is 4.18. The van der Waals surface area contributed by atoms with Crippen molar-refractivity contribution in [1.29, 1.82) is 0 Å². The second-order valence-corrected chi connectivity index (χ2v) is 11.0. The van der Waals surface area contributed by atoms with Gasteiger partial charge in [0.1, 0.15) is 0 Å². The first-order valence-corrected chi connectivity index (χ1v) is 12.3. The fourth-order valence-corrected chi connectivity index (χ4v) is 7.47. The molecule has 3 aliphatic rings. The fraction of sp³-hybridized carbons (Fsp3) is 0.600. The number of rotatable bonds is 4. The number of fused-ring (bicyclic) bond motifs is 5. The molecule has 160 valence electrons. The molecule has 5 rings (SSSR count). The van der Waals surface area contributed by atoms with Gasteiger partial charge in [0.25, 0.3) is 0 Å². The lowest BCUT2D eigenvalue weighted by Crippen LogP contribution is -2.38. The SMILES string of the molecule is Cc1ccc2c(c1)CCC1C2CC[C@@H]2C(O)C[C@@H](CCC(=O)Nc3ncc(C)s3)C12. The minimum absolute atomic E-state index is 0.0547. The smallest absolute Gasteiger partial charge is 0.226 e. The second kappa shape index (κ2) is 8.08. The topological polar surface area (TPSA) is 62.2 Å². The molecule has 2 N–H and O–H groups in total. The van der Waals surface area contributed by atoms with Gasteiger partial charge in [-0.3, -0.25) is 4.79 Å². The van der Waals surface area contributed by atoms with E-state index in [0.29, 0.717) is 41.1 Å². The molecule has 0 bridgehead atoms. The minimum Gasteiger partial charge on any atom is -0.393 e. The highest BCUT2D eigenvalue weighted by Gasteiger charge is 2.51. The van der Waals surface area contributed by atoms with Crippen molar-refractivity contribution in [3.63, 3.8) is 0 Å². The molecule has 3 aliphatic carbocycles. The Morgan fingerprint density at radius 1 is 1.23 bits per heavy atom. The molecule has 0 saturated heterocycles. The lowest BCUT2D eigenvalue weighted by atomic mass is 9.58. The van der Waals surface area contributed by atoms with Crippen LogP contribution in [0.2, 0.25) is 0 Å². The number of aromatic nitrogens is 1. The molecule has 1 aromatic heterocycles. The maximum Gasteiger partial charge on any atom is 0.226 e. The third-order valence-electron chi connectivity index (χ3n) is 7.95. The average Bonchev–Trinajstić information content (AvgIpc) is 3.28. The standard InChI is InChI=1S/C25H32N2O2S/c1-14-3-6-18-16(11-14)4-7-20-19(18)8-9-21-22(28)12-17(24(20)21)5-10-23(29)27-25-26-13-15(2)30-25/h3,6,11,13,17,19-22,24,28H,4-5,7-10,12H2,1-2H3,(H,26,27,29)/t17-,19?,20?,21-,22?,24?/m1/s1. The Kier molecular flexibility index (Phi) is 5.44. The predicted octanol–water partition coefficient (Wildman–Crippen LogP) is 5.23. The molecule has 1 amide bonds. The molecule has 2 fully saturated rings. The summed E-state index contributed by atoms with van der Waals surface area (Å²) in [6.07, 6.45) is 8.59. The Hall–Kier alpha value is -1.72. The van der Waals surface area contributed by atoms with E-state index >= 15 is 0 Å². The van der Waals surface area contributed by atoms with Crippen LogP contribution in [0.4, 0.5) is 5.13 Å². The second-order valence-electron chi connectivity index (χ2n) is 9.76. The number of hydrogen-bond acceptors (Lipinski definition) is 4. The molecule has 2 saturated carbocycles. The Morgan fingerprint density at radius 2 is 2.10 bits per heavy atom. The van der Waals surface area contributed by atoms with Gasteiger partial charge in [0, 0.05) is 17.5 Å². The third-order valence-corrected chi connectivity index (χ3v) is 8.78. The summed E-state index contributed by atoms with van der Waals surface area (Å²) in [7, 11) is 0. The number of aliphatic hydroxyl groups is 1. The Labute approximate surface area is 183 Å². The molecule has 6 atom stereocenters. The summed E-state index contributed by atoms with van der Waals surface area (Å²) in [5, 5.41) is 14.5. The molecular weight excluding hydrogens is 392 g/mol. The number of anilines is 1. The number of hydrogen-bond donors (Lipinski definition) is 2. The van der Waals surface area contributed by atoms with E-state index in [-0.39, 0.29) is 12.0 Å². The van der Waals surface area contributed by atoms with Gasteiger partial charge in [-0.25, -0.2) is 4.98 Å². The Balaban J connectivity index is 1.29. The molecule has 2 aromatic rings. The number of nitrogens with zero attached hydrogens (tertiary/aromatic N) is 1. The molecule has 1 heterocycles. The normalized spacial score (nSPS) is 32.2. The summed E-state index contributed by atoms with van der Waals surface area (Å²) in [5.41, 5.74) is 4.46. The lowest BCUT2D eigenvalue weighted by molar-refractivity contribution is -0.116. The van der Waals surface area contributed by atoms with Gasteiger partial charge in [0.15, 0.2) is 5.13 Å². The van der Waals surface area contributed by atoms with Crippen molar-refractivity contribution in [2.75, 3.05) is 5.32 Å². The summed E-state index contributed by atoms with van der Waals surface area (Å²) in [4.78, 5) is 17.8. The van der Waals surface area contributed by atoms with Gasteiger partial charge >= 0.3 is 0 Å². The van der Waals surface area contributed by atoms with E-state index in [1.807, 2.05) is 6.92 Å². The highest BCUT2D eigenvalue weighted by Crippen LogP contribution is 2.57. The highest BCUT2D eigenvalue weighted by molar-refractivity contribution is 7.15. The number of aliphatic hydroxyl groups excluding tert-OH is 1. The third kappa shape index (κ3) is 3.71. The quantitative estimate of drug-likeness (QED) is 0.706. The van der Waals surface area contributed by atoms with Gasteiger partial charge in [0.2, 0.25) is 5.91 Å². The van der Waals surface area contributed by atoms with Crippen LogP contribution in [0.25, 0.3) is 0 Å². The number of thiazole rings is 1. The number of nitrogens with one attached hydrogen (secondary N) is 1. The van der Waals surface area contributed by atoms with Crippen LogP contribution >= 0.6 is 11.3 Å². The first-order valence-electron chi connectivity index (χ1n) is 11.5. The molecule has 1 aromatic carbocycles. The first kappa shape index (κ1) is 20.2. The minimum atomic E-state index is -0.190. The van der Waals surface area contributed by atoms with Crippen molar-refractivity contribution in [3.05, 3.63) is 46.0 Å². The van der Waals surface area contributed by atoms with Gasteiger partial charge in [0.05, 0.1) is 6.10 Å². The van der Waals surface area contributed by atoms with E-state index in [0.717, 1.165) is 30.6 Å². The molecule has 5 heteroatoms. The van der Waals surface area contributed by atoms with Crippen molar-refractivity contribution in [1.82, 2.24) is 4.98 Å². The van der Waals surface area contributed by atoms with Crippen molar-refractivity contribution < 1.29 is 9.90 Å². The highest BCUT2D eigenvalue weighted by atomic mass is 32.1. The largest absolute Gasteiger partial charge is 0.393 e. The van der Waals surface area contributed by atoms with E-state index in [2.05, 4.69) is 35.4 Å². The average molecular weight is 425 g/mol. The predicted molar refractivity (Wildman–Crippen MR) is 121 cm³/mol. The van der Waals surface area contributed by atoms with E-state index < -0.39 is 0 Å². The zero-order chi connectivity index (χ0) is 20.8. The van der Waals surface area contributed by atoms with E-state index in [9.17, 15) is 9.90 Å². The van der Waals surface area contributed by atoms with Crippen molar-refractivity contribution in [3.8, 4) is 0 Å². The van der Waals surface area contributed by atoms with Gasteiger partial charge < -0.3 is 10.4 Å². The van der Waals surface area contributed by atoms with Crippen LogP contribution < -0.4 is 5.32 Å². The summed E-state index contributed by atoms with van der Waals surface area (Å²) < 4.78 is 0. The van der Waals surface area contributed by atoms with Crippen LogP contribution in [-0.2, 0) is 11.2 Å². The van der Waals surface area contributed by atoms with Gasteiger partial charge in [-0.1, -0.05) is 23.8 Å². The first-order chi connectivity index (χ1) is 14.5. The molecule has 0 spiro atoms. The van der Waals surface area contributed by atoms with Crippen LogP contribution in [0.1, 0.15) is 66.0 Å². The van der Waals surface area contributed by atoms with Crippen LogP contribution in [0.5, 0.6) is 0 Å². The van der Waals surface area contributed by atoms with Crippen molar-refractivity contribution >= 4 is 22.4 Å². The molecule has 30 heavy (non-hydrogen) atoms. The number of aryl methyl sites for hydroxylation is 3. The summed E-state index contributed by atoms with van der Waals surface area (Å²) in [5.74, 6) is 2.78. The number of benzene rings is 1. The summed E-state index contributed by atoms with van der Waals surface area (Å²) in [6, 6.07) is 7.01. The number of amides is 1. The van der Waals surface area contributed by atoms with Gasteiger partial charge in [-0.05, 0) is 93.1 Å². The Bertz CT molecular complexity index is 939. The Morgan fingerprint density at radius 3 is 2.90 bits per heavy atom. The molecule has 0 radical (unpaired) electrons. The molecular formula is C25H32N2O2S. The maximum absolute atomic E-state index is 12.5. The fourth-order valence-electron chi connectivity index (χ4n) is 6.79. The van der Waals surface area contributed by atoms with Crippen LogP contribution in [0.15, 0.2) is 24.4 Å². The van der Waals surface area contributed by atoms with Crippen LogP contribution in [-0.4, -0.2) is 22.1 Å². The molecule has 0 aliphatic heterocycles. The zero-order valence-electron chi connectivity index (χ0n) is 17.9. The lowest BCUT2D eigenvalue weighted by Gasteiger charge is -2.46. The van der Waals surface area contributed by atoms with Crippen molar-refractivity contribution in [2.45, 2.75) is 70.8 Å².